The number of benzene rings is 1. The quantitative estimate of drug-likeness (QED) is 0.341. The van der Waals surface area contributed by atoms with Gasteiger partial charge in [-0.25, -0.2) is 9.87 Å². The molecule has 124 valence electrons. The number of nitrogens with two attached hydrogens (primary N) is 1. The monoisotopic (exact) mass is 321 g/mol. The average molecular weight is 321 g/mol. The smallest absolute Gasteiger partial charge is 0.267 e. The zero-order valence-corrected chi connectivity index (χ0v) is 13.0. The Kier molecular flexibility index (Phi) is 7.06. The topological polar surface area (TPSA) is 96.6 Å². The van der Waals surface area contributed by atoms with Crippen LogP contribution in [-0.4, -0.2) is 29.8 Å². The second-order valence-corrected chi connectivity index (χ2v) is 4.79. The van der Waals surface area contributed by atoms with E-state index in [9.17, 15) is 9.18 Å². The van der Waals surface area contributed by atoms with Gasteiger partial charge in [-0.1, -0.05) is 12.5 Å². The number of nitrogens with one attached hydrogen (secondary N) is 2. The molecular weight excluding hydrogens is 301 g/mol. The largest absolute Gasteiger partial charge is 0.481 e. The lowest BCUT2D eigenvalue weighted by Gasteiger charge is -2.22. The third-order valence-electron chi connectivity index (χ3n) is 3.00. The summed E-state index contributed by atoms with van der Waals surface area (Å²) in [7, 11) is 0. The Hall–Kier alpha value is -2.56. The predicted octanol–water partition coefficient (Wildman–Crippen LogP) is 1.01. The van der Waals surface area contributed by atoms with Crippen LogP contribution in [-0.2, 0) is 4.79 Å². The van der Waals surface area contributed by atoms with Crippen LogP contribution in [0.15, 0.2) is 24.8 Å². The maximum Gasteiger partial charge on any atom is 0.267 e. The first-order valence-corrected chi connectivity index (χ1v) is 6.88. The number of hydrogen-bond acceptors (Lipinski definition) is 5. The Morgan fingerprint density at radius 2 is 2.26 bits per heavy atom. The number of hydrogen-bond donors (Lipinski definition) is 4. The molecule has 0 saturated heterocycles. The van der Waals surface area contributed by atoms with Crippen LogP contribution in [0, 0.1) is 17.7 Å². The fourth-order valence-corrected chi connectivity index (χ4v) is 1.79. The highest BCUT2D eigenvalue weighted by molar-refractivity contribution is 5.83. The SMILES string of the molecule is C=C(N[C@H](C(=O)NO)[C@@H](C)N)c1ccc(OCC#CC)cc1F. The molecule has 1 rings (SSSR count). The van der Waals surface area contributed by atoms with Gasteiger partial charge in [-0.3, -0.25) is 10.0 Å². The lowest BCUT2D eigenvalue weighted by Crippen LogP contribution is -2.52. The molecule has 0 heterocycles. The number of rotatable bonds is 7. The Labute approximate surface area is 134 Å². The van der Waals surface area contributed by atoms with E-state index in [2.05, 4.69) is 23.7 Å². The number of carbonyl (C=O) groups excluding carboxylic acids is 1. The number of ether oxygens (including phenoxy) is 1. The van der Waals surface area contributed by atoms with E-state index < -0.39 is 23.8 Å². The lowest BCUT2D eigenvalue weighted by molar-refractivity contribution is -0.131. The van der Waals surface area contributed by atoms with E-state index in [1.54, 1.807) is 19.9 Å². The molecule has 1 aromatic rings. The first kappa shape index (κ1) is 18.5. The summed E-state index contributed by atoms with van der Waals surface area (Å²) < 4.78 is 19.4. The molecule has 5 N–H and O–H groups in total. The Bertz CT molecular complexity index is 635. The maximum atomic E-state index is 14.1. The first-order chi connectivity index (χ1) is 10.9. The Morgan fingerprint density at radius 3 is 2.78 bits per heavy atom. The molecule has 0 aliphatic heterocycles. The number of halogens is 1. The predicted molar refractivity (Wildman–Crippen MR) is 84.9 cm³/mol. The summed E-state index contributed by atoms with van der Waals surface area (Å²) in [5.41, 5.74) is 7.50. The zero-order chi connectivity index (χ0) is 17.4. The number of hydroxylamine groups is 1. The van der Waals surface area contributed by atoms with Crippen LogP contribution in [0.25, 0.3) is 5.70 Å². The van der Waals surface area contributed by atoms with Gasteiger partial charge in [-0.05, 0) is 26.0 Å². The van der Waals surface area contributed by atoms with Crippen LogP contribution >= 0.6 is 0 Å². The minimum absolute atomic E-state index is 0.160. The summed E-state index contributed by atoms with van der Waals surface area (Å²) >= 11 is 0. The van der Waals surface area contributed by atoms with E-state index in [-0.39, 0.29) is 17.9 Å². The number of carbonyl (C=O) groups is 1. The van der Waals surface area contributed by atoms with E-state index in [0.29, 0.717) is 5.75 Å². The van der Waals surface area contributed by atoms with Gasteiger partial charge in [0.2, 0.25) is 0 Å². The van der Waals surface area contributed by atoms with E-state index in [4.69, 9.17) is 15.7 Å². The molecule has 1 amide bonds. The third kappa shape index (κ3) is 5.29. The standard InChI is InChI=1S/C16H20FN3O3/c1-4-5-8-23-12-6-7-13(14(17)9-12)11(3)19-15(10(2)18)16(21)20-22/h6-7,9-10,15,19,22H,3,8,18H2,1-2H3,(H,20,21)/t10-,15+/m1/s1. The van der Waals surface area contributed by atoms with Crippen molar-refractivity contribution in [3.63, 3.8) is 0 Å². The van der Waals surface area contributed by atoms with Crippen molar-refractivity contribution >= 4 is 11.6 Å². The third-order valence-corrected chi connectivity index (χ3v) is 3.00. The summed E-state index contributed by atoms with van der Waals surface area (Å²) in [6.07, 6.45) is 0. The molecule has 0 spiro atoms. The van der Waals surface area contributed by atoms with Gasteiger partial charge in [0, 0.05) is 23.4 Å². The van der Waals surface area contributed by atoms with Crippen LogP contribution in [0.4, 0.5) is 4.39 Å². The van der Waals surface area contributed by atoms with Crippen molar-refractivity contribution in [2.45, 2.75) is 25.9 Å². The zero-order valence-electron chi connectivity index (χ0n) is 13.0. The van der Waals surface area contributed by atoms with Crippen molar-refractivity contribution in [1.82, 2.24) is 10.8 Å². The van der Waals surface area contributed by atoms with Gasteiger partial charge in [-0.15, -0.1) is 5.92 Å². The van der Waals surface area contributed by atoms with Crippen molar-refractivity contribution in [2.75, 3.05) is 6.61 Å². The number of amides is 1. The van der Waals surface area contributed by atoms with Crippen LogP contribution in [0.5, 0.6) is 5.75 Å². The van der Waals surface area contributed by atoms with E-state index >= 15 is 0 Å². The molecule has 2 atom stereocenters. The minimum Gasteiger partial charge on any atom is -0.481 e. The molecule has 0 fully saturated rings. The summed E-state index contributed by atoms with van der Waals surface area (Å²) in [5, 5.41) is 11.4. The molecule has 0 bridgehead atoms. The van der Waals surface area contributed by atoms with E-state index in [1.165, 1.54) is 17.6 Å². The average Bonchev–Trinajstić information content (AvgIpc) is 2.51. The summed E-state index contributed by atoms with van der Waals surface area (Å²) in [5.74, 6) is 4.40. The highest BCUT2D eigenvalue weighted by atomic mass is 19.1. The Morgan fingerprint density at radius 1 is 1.57 bits per heavy atom. The van der Waals surface area contributed by atoms with E-state index in [1.807, 2.05) is 0 Å². The van der Waals surface area contributed by atoms with Gasteiger partial charge in [0.25, 0.3) is 5.91 Å². The van der Waals surface area contributed by atoms with Crippen molar-refractivity contribution in [3.05, 3.63) is 36.2 Å². The highest BCUT2D eigenvalue weighted by Crippen LogP contribution is 2.21. The highest BCUT2D eigenvalue weighted by Gasteiger charge is 2.23. The van der Waals surface area contributed by atoms with Gasteiger partial charge in [0.15, 0.2) is 0 Å². The van der Waals surface area contributed by atoms with Crippen molar-refractivity contribution < 1.29 is 19.1 Å². The van der Waals surface area contributed by atoms with Gasteiger partial charge in [0.05, 0.1) is 0 Å². The van der Waals surface area contributed by atoms with Crippen LogP contribution < -0.4 is 21.3 Å². The summed E-state index contributed by atoms with van der Waals surface area (Å²) in [6, 6.07) is 2.65. The van der Waals surface area contributed by atoms with E-state index in [0.717, 1.165) is 0 Å². The molecule has 0 radical (unpaired) electrons. The molecule has 0 unspecified atom stereocenters. The molecule has 0 aliphatic carbocycles. The normalized spacial score (nSPS) is 12.4. The summed E-state index contributed by atoms with van der Waals surface area (Å²) in [6.45, 7) is 7.12. The van der Waals surface area contributed by atoms with Crippen molar-refractivity contribution in [2.24, 2.45) is 5.73 Å². The molecule has 6 nitrogen and oxygen atoms in total. The van der Waals surface area contributed by atoms with Gasteiger partial charge in [-0.2, -0.15) is 0 Å². The van der Waals surface area contributed by atoms with Gasteiger partial charge in [0.1, 0.15) is 24.2 Å². The van der Waals surface area contributed by atoms with Gasteiger partial charge < -0.3 is 15.8 Å². The van der Waals surface area contributed by atoms with Gasteiger partial charge >= 0.3 is 0 Å². The molecule has 1 aromatic carbocycles. The van der Waals surface area contributed by atoms with Crippen molar-refractivity contribution in [1.29, 1.82) is 0 Å². The first-order valence-electron chi connectivity index (χ1n) is 6.88. The van der Waals surface area contributed by atoms with Crippen LogP contribution in [0.1, 0.15) is 19.4 Å². The second-order valence-electron chi connectivity index (χ2n) is 4.79. The molecule has 23 heavy (non-hydrogen) atoms. The Balaban J connectivity index is 2.86. The molecule has 0 aliphatic rings. The second kappa shape index (κ2) is 8.78. The fourth-order valence-electron chi connectivity index (χ4n) is 1.79. The maximum absolute atomic E-state index is 14.1. The fraction of sp³-hybridized carbons (Fsp3) is 0.312. The van der Waals surface area contributed by atoms with Crippen LogP contribution in [0.2, 0.25) is 0 Å². The van der Waals surface area contributed by atoms with Crippen molar-refractivity contribution in [3.8, 4) is 17.6 Å². The molecular formula is C16H20FN3O3. The lowest BCUT2D eigenvalue weighted by atomic mass is 10.1. The molecule has 0 aromatic heterocycles. The molecule has 0 saturated carbocycles. The molecule has 7 heteroatoms. The minimum atomic E-state index is -0.956. The van der Waals surface area contributed by atoms with Crippen LogP contribution in [0.3, 0.4) is 0 Å². The summed E-state index contributed by atoms with van der Waals surface area (Å²) in [4.78, 5) is 11.5.